The fourth-order valence-electron chi connectivity index (χ4n) is 2.68. The molecule has 11 heteroatoms. The van der Waals surface area contributed by atoms with Crippen LogP contribution >= 0.6 is 12.2 Å². The van der Waals surface area contributed by atoms with Crippen LogP contribution in [0.2, 0.25) is 0 Å². The Morgan fingerprint density at radius 3 is 2.06 bits per heavy atom. The number of hydrogen-bond acceptors (Lipinski definition) is 7. The van der Waals surface area contributed by atoms with Gasteiger partial charge in [-0.1, -0.05) is 6.92 Å². The van der Waals surface area contributed by atoms with E-state index in [4.69, 9.17) is 26.4 Å². The van der Waals surface area contributed by atoms with E-state index in [-0.39, 0.29) is 21.6 Å². The Morgan fingerprint density at radius 2 is 1.59 bits per heavy atom. The predicted molar refractivity (Wildman–Crippen MR) is 126 cm³/mol. The quantitative estimate of drug-likeness (QED) is 0.469. The fraction of sp³-hybridized carbons (Fsp3) is 0.333. The van der Waals surface area contributed by atoms with Crippen LogP contribution in [0, 0.1) is 0 Å². The SMILES string of the molecule is CCC(C)NS(=O)(=O)c1ccc(NC(=S)NC(=O)c2cc(OC)c(OC)c(OC)c2)cc1. The molecule has 0 bridgehead atoms. The number of methoxy groups -OCH3 is 3. The van der Waals surface area contributed by atoms with E-state index < -0.39 is 15.9 Å². The molecule has 0 aliphatic carbocycles. The Balaban J connectivity index is 2.09. The van der Waals surface area contributed by atoms with E-state index in [2.05, 4.69) is 15.4 Å². The Morgan fingerprint density at radius 1 is 1.03 bits per heavy atom. The van der Waals surface area contributed by atoms with Crippen LogP contribution in [0.25, 0.3) is 0 Å². The molecule has 0 aromatic heterocycles. The van der Waals surface area contributed by atoms with Gasteiger partial charge in [0, 0.05) is 17.3 Å². The zero-order valence-electron chi connectivity index (χ0n) is 18.5. The van der Waals surface area contributed by atoms with Crippen LogP contribution in [0.15, 0.2) is 41.3 Å². The maximum atomic E-state index is 12.6. The molecule has 32 heavy (non-hydrogen) atoms. The lowest BCUT2D eigenvalue weighted by Gasteiger charge is -2.15. The van der Waals surface area contributed by atoms with E-state index in [1.54, 1.807) is 19.1 Å². The molecular formula is C21H27N3O6S2. The molecule has 0 spiro atoms. The van der Waals surface area contributed by atoms with Crippen molar-refractivity contribution >= 4 is 38.9 Å². The van der Waals surface area contributed by atoms with Crippen molar-refractivity contribution in [3.05, 3.63) is 42.0 Å². The monoisotopic (exact) mass is 481 g/mol. The molecule has 2 rings (SSSR count). The minimum atomic E-state index is -3.61. The van der Waals surface area contributed by atoms with E-state index in [1.165, 1.54) is 45.6 Å². The summed E-state index contributed by atoms with van der Waals surface area (Å²) in [6.07, 6.45) is 0.679. The summed E-state index contributed by atoms with van der Waals surface area (Å²) in [5.74, 6) is 0.543. The van der Waals surface area contributed by atoms with Crippen LogP contribution in [0.4, 0.5) is 5.69 Å². The lowest BCUT2D eigenvalue weighted by atomic mass is 10.1. The van der Waals surface area contributed by atoms with E-state index in [1.807, 2.05) is 6.92 Å². The first-order valence-corrected chi connectivity index (χ1v) is 11.6. The third-order valence-electron chi connectivity index (χ3n) is 4.55. The first kappa shape index (κ1) is 25.4. The van der Waals surface area contributed by atoms with Crippen molar-refractivity contribution in [1.82, 2.24) is 10.0 Å². The highest BCUT2D eigenvalue weighted by Gasteiger charge is 2.18. The van der Waals surface area contributed by atoms with Crippen LogP contribution in [-0.2, 0) is 10.0 Å². The molecule has 174 valence electrons. The highest BCUT2D eigenvalue weighted by Crippen LogP contribution is 2.38. The smallest absolute Gasteiger partial charge is 0.257 e. The number of anilines is 1. The van der Waals surface area contributed by atoms with E-state index in [0.717, 1.165) is 0 Å². The Hall–Kier alpha value is -2.89. The van der Waals surface area contributed by atoms with Gasteiger partial charge in [-0.2, -0.15) is 0 Å². The molecule has 2 aromatic carbocycles. The molecule has 3 N–H and O–H groups in total. The van der Waals surface area contributed by atoms with E-state index in [9.17, 15) is 13.2 Å². The van der Waals surface area contributed by atoms with Gasteiger partial charge in [0.15, 0.2) is 16.6 Å². The van der Waals surface area contributed by atoms with Crippen LogP contribution in [0.3, 0.4) is 0 Å². The number of nitrogens with one attached hydrogen (secondary N) is 3. The molecule has 0 saturated carbocycles. The molecular weight excluding hydrogens is 454 g/mol. The number of rotatable bonds is 9. The maximum Gasteiger partial charge on any atom is 0.257 e. The van der Waals surface area contributed by atoms with Gasteiger partial charge >= 0.3 is 0 Å². The summed E-state index contributed by atoms with van der Waals surface area (Å²) in [5.41, 5.74) is 0.767. The summed E-state index contributed by atoms with van der Waals surface area (Å²) in [6, 6.07) is 8.86. The van der Waals surface area contributed by atoms with Gasteiger partial charge in [0.2, 0.25) is 15.8 Å². The van der Waals surface area contributed by atoms with Gasteiger partial charge in [-0.3, -0.25) is 10.1 Å². The normalized spacial score (nSPS) is 11.9. The molecule has 9 nitrogen and oxygen atoms in total. The minimum Gasteiger partial charge on any atom is -0.493 e. The van der Waals surface area contributed by atoms with Crippen LogP contribution in [-0.4, -0.2) is 46.8 Å². The average molecular weight is 482 g/mol. The van der Waals surface area contributed by atoms with E-state index in [0.29, 0.717) is 29.4 Å². The summed E-state index contributed by atoms with van der Waals surface area (Å²) in [4.78, 5) is 12.8. The highest BCUT2D eigenvalue weighted by molar-refractivity contribution is 7.89. The number of carbonyl (C=O) groups excluding carboxylic acids is 1. The van der Waals surface area contributed by atoms with Gasteiger partial charge in [0.1, 0.15) is 0 Å². The second-order valence-electron chi connectivity index (χ2n) is 6.78. The van der Waals surface area contributed by atoms with Crippen LogP contribution < -0.4 is 29.6 Å². The van der Waals surface area contributed by atoms with Gasteiger partial charge in [-0.15, -0.1) is 0 Å². The Labute approximate surface area is 193 Å². The number of ether oxygens (including phenoxy) is 3. The van der Waals surface area contributed by atoms with Crippen molar-refractivity contribution in [3.63, 3.8) is 0 Å². The largest absolute Gasteiger partial charge is 0.493 e. The number of hydrogen-bond donors (Lipinski definition) is 3. The second-order valence-corrected chi connectivity index (χ2v) is 8.90. The number of sulfonamides is 1. The molecule has 1 atom stereocenters. The minimum absolute atomic E-state index is 0.0390. The van der Waals surface area contributed by atoms with Crippen molar-refractivity contribution in [2.24, 2.45) is 0 Å². The summed E-state index contributed by atoms with van der Waals surface area (Å²) in [6.45, 7) is 3.69. The molecule has 1 unspecified atom stereocenters. The van der Waals surface area contributed by atoms with Crippen LogP contribution in [0.1, 0.15) is 30.6 Å². The van der Waals surface area contributed by atoms with Gasteiger partial charge in [-0.05, 0) is 62.0 Å². The topological polar surface area (TPSA) is 115 Å². The number of carbonyl (C=O) groups is 1. The van der Waals surface area contributed by atoms with Crippen molar-refractivity contribution in [1.29, 1.82) is 0 Å². The van der Waals surface area contributed by atoms with Crippen LogP contribution in [0.5, 0.6) is 17.2 Å². The first-order valence-electron chi connectivity index (χ1n) is 9.69. The fourth-order valence-corrected chi connectivity index (χ4v) is 4.22. The molecule has 2 aromatic rings. The summed E-state index contributed by atoms with van der Waals surface area (Å²) < 4.78 is 43.0. The molecule has 0 radical (unpaired) electrons. The zero-order chi connectivity index (χ0) is 23.9. The van der Waals surface area contributed by atoms with Crippen molar-refractivity contribution in [2.75, 3.05) is 26.6 Å². The van der Waals surface area contributed by atoms with Crippen molar-refractivity contribution < 1.29 is 27.4 Å². The number of thiocarbonyl (C=S) groups is 1. The lowest BCUT2D eigenvalue weighted by Crippen LogP contribution is -2.34. The molecule has 0 aliphatic heterocycles. The zero-order valence-corrected chi connectivity index (χ0v) is 20.1. The number of amides is 1. The summed E-state index contributed by atoms with van der Waals surface area (Å²) in [5, 5.41) is 5.45. The third kappa shape index (κ3) is 6.31. The van der Waals surface area contributed by atoms with Gasteiger partial charge in [-0.25, -0.2) is 13.1 Å². The van der Waals surface area contributed by atoms with Gasteiger partial charge < -0.3 is 19.5 Å². The van der Waals surface area contributed by atoms with Gasteiger partial charge in [0.25, 0.3) is 5.91 Å². The van der Waals surface area contributed by atoms with Gasteiger partial charge in [0.05, 0.1) is 26.2 Å². The molecule has 0 fully saturated rings. The molecule has 0 aliphatic rings. The Bertz CT molecular complexity index is 1050. The standard InChI is InChI=1S/C21H27N3O6S2/c1-6-13(2)24-32(26,27)16-9-7-15(8-10-16)22-21(31)23-20(25)14-11-17(28-3)19(30-5)18(12-14)29-4/h7-13,24H,6H2,1-5H3,(H2,22,23,25,31). The van der Waals surface area contributed by atoms with Crippen molar-refractivity contribution in [2.45, 2.75) is 31.2 Å². The van der Waals surface area contributed by atoms with E-state index >= 15 is 0 Å². The molecule has 0 saturated heterocycles. The average Bonchev–Trinajstić information content (AvgIpc) is 2.77. The summed E-state index contributed by atoms with van der Waals surface area (Å²) >= 11 is 5.20. The highest BCUT2D eigenvalue weighted by atomic mass is 32.2. The molecule has 0 heterocycles. The summed E-state index contributed by atoms with van der Waals surface area (Å²) in [7, 11) is 0.767. The predicted octanol–water partition coefficient (Wildman–Crippen LogP) is 2.92. The lowest BCUT2D eigenvalue weighted by molar-refractivity contribution is 0.0977. The van der Waals surface area contributed by atoms with Crippen molar-refractivity contribution in [3.8, 4) is 17.2 Å². The third-order valence-corrected chi connectivity index (χ3v) is 6.35. The second kappa shape index (κ2) is 11.1. The first-order chi connectivity index (χ1) is 15.1. The Kier molecular flexibility index (Phi) is 8.81. The maximum absolute atomic E-state index is 12.6. The molecule has 1 amide bonds. The number of benzene rings is 2.